The maximum atomic E-state index is 11.9. The van der Waals surface area contributed by atoms with Crippen LogP contribution in [-0.2, 0) is 4.79 Å². The van der Waals surface area contributed by atoms with Crippen LogP contribution in [0.1, 0.15) is 6.92 Å². The van der Waals surface area contributed by atoms with E-state index < -0.39 is 11.9 Å². The van der Waals surface area contributed by atoms with Gasteiger partial charge >= 0.3 is 6.03 Å². The molecule has 0 atom stereocenters. The van der Waals surface area contributed by atoms with Crippen molar-refractivity contribution in [2.24, 2.45) is 0 Å². The zero-order chi connectivity index (χ0) is 18.9. The predicted octanol–water partition coefficient (Wildman–Crippen LogP) is 3.37. The van der Waals surface area contributed by atoms with Crippen LogP contribution in [0.4, 0.5) is 16.2 Å². The van der Waals surface area contributed by atoms with Gasteiger partial charge in [0.25, 0.3) is 5.91 Å². The van der Waals surface area contributed by atoms with Gasteiger partial charge in [-0.05, 0) is 55.5 Å². The van der Waals surface area contributed by atoms with Crippen LogP contribution < -0.4 is 25.4 Å². The first-order valence-electron chi connectivity index (χ1n) is 7.85. The van der Waals surface area contributed by atoms with Crippen molar-refractivity contribution in [2.45, 2.75) is 6.92 Å². The first kappa shape index (κ1) is 18.9. The summed E-state index contributed by atoms with van der Waals surface area (Å²) in [5.41, 5.74) is 1.94. The summed E-state index contributed by atoms with van der Waals surface area (Å²) in [5.74, 6) is 0.884. The molecule has 0 saturated carbocycles. The second-order valence-electron chi connectivity index (χ2n) is 5.35. The largest absolute Gasteiger partial charge is 0.497 e. The van der Waals surface area contributed by atoms with E-state index in [1.807, 2.05) is 12.1 Å². The van der Waals surface area contributed by atoms with Crippen molar-refractivity contribution < 1.29 is 19.1 Å². The quantitative estimate of drug-likeness (QED) is 0.692. The number of methoxy groups -OCH3 is 2. The molecule has 2 rings (SSSR count). The maximum Gasteiger partial charge on any atom is 0.326 e. The molecule has 0 bridgehead atoms. The van der Waals surface area contributed by atoms with Gasteiger partial charge in [0, 0.05) is 23.1 Å². The topological polar surface area (TPSA) is 88.7 Å². The van der Waals surface area contributed by atoms with Gasteiger partial charge in [-0.25, -0.2) is 4.79 Å². The Hall–Kier alpha value is -3.48. The number of carbonyl (C=O) groups excluding carboxylic acids is 2. The molecule has 0 heterocycles. The van der Waals surface area contributed by atoms with Crippen molar-refractivity contribution in [3.05, 3.63) is 60.3 Å². The van der Waals surface area contributed by atoms with Gasteiger partial charge in [0.2, 0.25) is 0 Å². The Morgan fingerprint density at radius 2 is 1.27 bits per heavy atom. The molecule has 0 aliphatic carbocycles. The Labute approximate surface area is 152 Å². The summed E-state index contributed by atoms with van der Waals surface area (Å²) in [5, 5.41) is 7.86. The molecule has 3 N–H and O–H groups in total. The highest BCUT2D eigenvalue weighted by Crippen LogP contribution is 2.16. The zero-order valence-corrected chi connectivity index (χ0v) is 14.8. The first-order valence-corrected chi connectivity index (χ1v) is 7.85. The smallest absolute Gasteiger partial charge is 0.326 e. The number of benzene rings is 2. The van der Waals surface area contributed by atoms with Gasteiger partial charge in [-0.1, -0.05) is 0 Å². The molecule has 2 aromatic carbocycles. The molecule has 0 saturated heterocycles. The number of nitrogens with one attached hydrogen (secondary N) is 3. The summed E-state index contributed by atoms with van der Waals surface area (Å²) in [4.78, 5) is 23.8. The van der Waals surface area contributed by atoms with Crippen LogP contribution in [-0.4, -0.2) is 26.2 Å². The van der Waals surface area contributed by atoms with E-state index in [0.717, 1.165) is 11.4 Å². The van der Waals surface area contributed by atoms with Gasteiger partial charge in [0.15, 0.2) is 0 Å². The molecule has 136 valence electrons. The van der Waals surface area contributed by atoms with Crippen molar-refractivity contribution >= 4 is 23.3 Å². The number of imide groups is 1. The van der Waals surface area contributed by atoms with Gasteiger partial charge in [-0.2, -0.15) is 0 Å². The third kappa shape index (κ3) is 5.86. The summed E-state index contributed by atoms with van der Waals surface area (Å²) < 4.78 is 10.1. The Morgan fingerprint density at radius 1 is 0.808 bits per heavy atom. The summed E-state index contributed by atoms with van der Waals surface area (Å²) in [6.07, 6.45) is 1.30. The lowest BCUT2D eigenvalue weighted by Gasteiger charge is -2.08. The molecule has 26 heavy (non-hydrogen) atoms. The zero-order valence-electron chi connectivity index (χ0n) is 14.8. The Bertz CT molecular complexity index is 783. The second kappa shape index (κ2) is 9.12. The van der Waals surface area contributed by atoms with Gasteiger partial charge in [-0.3, -0.25) is 10.1 Å². The van der Waals surface area contributed by atoms with E-state index in [2.05, 4.69) is 16.0 Å². The molecule has 0 aliphatic heterocycles. The monoisotopic (exact) mass is 355 g/mol. The lowest BCUT2D eigenvalue weighted by Crippen LogP contribution is -2.33. The SMILES string of the molecule is COc1ccc(NC(=O)NC(=O)/C=C(\C)Nc2ccc(OC)cc2)cc1. The number of carbonyl (C=O) groups is 2. The second-order valence-corrected chi connectivity index (χ2v) is 5.35. The van der Waals surface area contributed by atoms with Crippen LogP contribution in [0.3, 0.4) is 0 Å². The van der Waals surface area contributed by atoms with E-state index in [1.54, 1.807) is 57.5 Å². The molecular formula is C19H21N3O4. The maximum absolute atomic E-state index is 11.9. The van der Waals surface area contributed by atoms with Crippen LogP contribution in [0.5, 0.6) is 11.5 Å². The Balaban J connectivity index is 1.86. The number of rotatable bonds is 6. The Morgan fingerprint density at radius 3 is 1.73 bits per heavy atom. The van der Waals surface area contributed by atoms with E-state index >= 15 is 0 Å². The van der Waals surface area contributed by atoms with Crippen LogP contribution in [0.15, 0.2) is 60.3 Å². The highest BCUT2D eigenvalue weighted by atomic mass is 16.5. The lowest BCUT2D eigenvalue weighted by molar-refractivity contribution is -0.115. The fourth-order valence-electron chi connectivity index (χ4n) is 2.12. The number of hydrogen-bond donors (Lipinski definition) is 3. The van der Waals surface area contributed by atoms with Crippen LogP contribution in [0.2, 0.25) is 0 Å². The third-order valence-electron chi connectivity index (χ3n) is 3.36. The number of anilines is 2. The minimum Gasteiger partial charge on any atom is -0.497 e. The molecule has 0 fully saturated rings. The summed E-state index contributed by atoms with van der Waals surface area (Å²) >= 11 is 0. The molecule has 2 aromatic rings. The van der Waals surface area contributed by atoms with E-state index in [4.69, 9.17) is 9.47 Å². The average Bonchev–Trinajstić information content (AvgIpc) is 2.62. The van der Waals surface area contributed by atoms with Crippen molar-refractivity contribution in [1.82, 2.24) is 5.32 Å². The fourth-order valence-corrected chi connectivity index (χ4v) is 2.12. The Kier molecular flexibility index (Phi) is 6.61. The van der Waals surface area contributed by atoms with Crippen molar-refractivity contribution in [3.8, 4) is 11.5 Å². The lowest BCUT2D eigenvalue weighted by atomic mass is 10.3. The fraction of sp³-hybridized carbons (Fsp3) is 0.158. The summed E-state index contributed by atoms with van der Waals surface area (Å²) in [7, 11) is 3.15. The van der Waals surface area contributed by atoms with E-state index in [1.165, 1.54) is 6.08 Å². The van der Waals surface area contributed by atoms with Crippen LogP contribution in [0.25, 0.3) is 0 Å². The number of amides is 3. The third-order valence-corrected chi connectivity index (χ3v) is 3.36. The molecule has 0 aromatic heterocycles. The number of hydrogen-bond acceptors (Lipinski definition) is 5. The van der Waals surface area contributed by atoms with Gasteiger partial charge in [-0.15, -0.1) is 0 Å². The van der Waals surface area contributed by atoms with E-state index in [-0.39, 0.29) is 0 Å². The van der Waals surface area contributed by atoms with E-state index in [9.17, 15) is 9.59 Å². The number of ether oxygens (including phenoxy) is 2. The highest BCUT2D eigenvalue weighted by Gasteiger charge is 2.06. The molecule has 7 heteroatoms. The number of allylic oxidation sites excluding steroid dienone is 1. The first-order chi connectivity index (χ1) is 12.5. The van der Waals surface area contributed by atoms with Crippen LogP contribution >= 0.6 is 0 Å². The number of urea groups is 1. The summed E-state index contributed by atoms with van der Waals surface area (Å²) in [6, 6.07) is 13.4. The highest BCUT2D eigenvalue weighted by molar-refractivity contribution is 6.05. The van der Waals surface area contributed by atoms with E-state index in [0.29, 0.717) is 17.1 Å². The van der Waals surface area contributed by atoms with Crippen LogP contribution in [0, 0.1) is 0 Å². The predicted molar refractivity (Wildman–Crippen MR) is 101 cm³/mol. The van der Waals surface area contributed by atoms with Crippen molar-refractivity contribution in [3.63, 3.8) is 0 Å². The van der Waals surface area contributed by atoms with Gasteiger partial charge in [0.1, 0.15) is 11.5 Å². The molecule has 0 aliphatic rings. The standard InChI is InChI=1S/C19H21N3O4/c1-13(20-14-4-8-16(25-2)9-5-14)12-18(23)22-19(24)21-15-6-10-17(26-3)11-7-15/h4-12,20H,1-3H3,(H2,21,22,23,24)/b13-12+. The molecule has 0 spiro atoms. The van der Waals surface area contributed by atoms with Gasteiger partial charge < -0.3 is 20.1 Å². The summed E-state index contributed by atoms with van der Waals surface area (Å²) in [6.45, 7) is 1.73. The molecule has 7 nitrogen and oxygen atoms in total. The molecule has 0 unspecified atom stereocenters. The molecule has 0 radical (unpaired) electrons. The normalized spacial score (nSPS) is 10.7. The minimum atomic E-state index is -0.617. The van der Waals surface area contributed by atoms with Gasteiger partial charge in [0.05, 0.1) is 14.2 Å². The minimum absolute atomic E-state index is 0.533. The van der Waals surface area contributed by atoms with Crippen molar-refractivity contribution in [1.29, 1.82) is 0 Å². The average molecular weight is 355 g/mol. The molecule has 3 amide bonds. The molecular weight excluding hydrogens is 334 g/mol. The van der Waals surface area contributed by atoms with Crippen molar-refractivity contribution in [2.75, 3.05) is 24.9 Å².